The molecule has 0 aromatic carbocycles. The van der Waals surface area contributed by atoms with E-state index in [1.165, 1.54) is 58.0 Å². The predicted molar refractivity (Wildman–Crippen MR) is 87.1 cm³/mol. The molecule has 0 aromatic heterocycles. The van der Waals surface area contributed by atoms with Crippen LogP contribution in [0.2, 0.25) is 0 Å². The summed E-state index contributed by atoms with van der Waals surface area (Å²) in [4.78, 5) is 5.03. The van der Waals surface area contributed by atoms with Gasteiger partial charge in [-0.1, -0.05) is 0 Å². The minimum absolute atomic E-state index is 0.423. The Kier molecular flexibility index (Phi) is 3.59. The lowest BCUT2D eigenvalue weighted by Crippen LogP contribution is -2.57. The van der Waals surface area contributed by atoms with E-state index in [0.29, 0.717) is 11.5 Å². The summed E-state index contributed by atoms with van der Waals surface area (Å²) in [5, 5.41) is 0. The molecule has 120 valence electrons. The Labute approximate surface area is 130 Å². The maximum atomic E-state index is 6.82. The first-order valence-corrected chi connectivity index (χ1v) is 9.18. The Balaban J connectivity index is 1.40. The Morgan fingerprint density at radius 1 is 1.10 bits per heavy atom. The molecule has 2 N–H and O–H groups in total. The van der Waals surface area contributed by atoms with Gasteiger partial charge in [-0.15, -0.1) is 0 Å². The van der Waals surface area contributed by atoms with E-state index in [0.717, 1.165) is 30.3 Å². The van der Waals surface area contributed by atoms with E-state index >= 15 is 0 Å². The lowest BCUT2D eigenvalue weighted by atomic mass is 9.48. The normalized spacial score (nSPS) is 47.4. The monoisotopic (exact) mass is 291 g/mol. The van der Waals surface area contributed by atoms with Gasteiger partial charge in [0.2, 0.25) is 0 Å². The molecule has 0 aromatic rings. The Morgan fingerprint density at radius 3 is 2.14 bits per heavy atom. The van der Waals surface area contributed by atoms with Crippen LogP contribution in [-0.4, -0.2) is 55.6 Å². The summed E-state index contributed by atoms with van der Waals surface area (Å²) >= 11 is 0. The summed E-state index contributed by atoms with van der Waals surface area (Å²) in [6.45, 7) is 3.63. The van der Waals surface area contributed by atoms with E-state index in [-0.39, 0.29) is 0 Å². The highest BCUT2D eigenvalue weighted by Gasteiger charge is 2.53. The maximum absolute atomic E-state index is 6.82. The minimum atomic E-state index is 0.423. The summed E-state index contributed by atoms with van der Waals surface area (Å²) in [5.41, 5.74) is 7.34. The second-order valence-electron chi connectivity index (χ2n) is 9.05. The number of nitrogens with zero attached hydrogens (tertiary/aromatic N) is 2. The lowest BCUT2D eigenvalue weighted by Gasteiger charge is -2.59. The third-order valence-electron chi connectivity index (χ3n) is 7.30. The lowest BCUT2D eigenvalue weighted by molar-refractivity contribution is -0.0708. The van der Waals surface area contributed by atoms with Crippen molar-refractivity contribution < 1.29 is 0 Å². The van der Waals surface area contributed by atoms with Gasteiger partial charge in [0.25, 0.3) is 0 Å². The number of likely N-dealkylation sites (N-methyl/N-ethyl adjacent to an activating group) is 1. The highest BCUT2D eigenvalue weighted by molar-refractivity contribution is 5.06. The molecular formula is C18H33N3. The molecule has 3 nitrogen and oxygen atoms in total. The van der Waals surface area contributed by atoms with Gasteiger partial charge in [-0.05, 0) is 88.8 Å². The van der Waals surface area contributed by atoms with Crippen molar-refractivity contribution in [3.05, 3.63) is 0 Å². The van der Waals surface area contributed by atoms with E-state index in [4.69, 9.17) is 5.73 Å². The van der Waals surface area contributed by atoms with Gasteiger partial charge >= 0.3 is 0 Å². The summed E-state index contributed by atoms with van der Waals surface area (Å²) < 4.78 is 0. The number of likely N-dealkylation sites (tertiary alicyclic amines) is 1. The second kappa shape index (κ2) is 5.21. The Bertz CT molecular complexity index is 357. The minimum Gasteiger partial charge on any atom is -0.326 e. The average Bonchev–Trinajstić information content (AvgIpc) is 2.85. The van der Waals surface area contributed by atoms with E-state index < -0.39 is 0 Å². The highest BCUT2D eigenvalue weighted by atomic mass is 15.2. The van der Waals surface area contributed by atoms with Gasteiger partial charge < -0.3 is 15.5 Å². The number of rotatable bonds is 4. The molecule has 2 unspecified atom stereocenters. The van der Waals surface area contributed by atoms with Crippen molar-refractivity contribution in [3.63, 3.8) is 0 Å². The molecule has 4 aliphatic carbocycles. The summed E-state index contributed by atoms with van der Waals surface area (Å²) in [5.74, 6) is 3.07. The molecule has 4 bridgehead atoms. The van der Waals surface area contributed by atoms with Gasteiger partial charge in [0.1, 0.15) is 0 Å². The largest absolute Gasteiger partial charge is 0.326 e. The summed E-state index contributed by atoms with van der Waals surface area (Å²) in [6, 6.07) is 1.17. The molecule has 0 spiro atoms. The molecule has 3 heteroatoms. The molecule has 1 heterocycles. The van der Waals surface area contributed by atoms with Gasteiger partial charge in [0.15, 0.2) is 0 Å². The van der Waals surface area contributed by atoms with Crippen LogP contribution in [-0.2, 0) is 0 Å². The highest BCUT2D eigenvalue weighted by Crippen LogP contribution is 2.61. The zero-order chi connectivity index (χ0) is 14.6. The number of hydrogen-bond donors (Lipinski definition) is 1. The second-order valence-corrected chi connectivity index (χ2v) is 9.05. The van der Waals surface area contributed by atoms with Gasteiger partial charge in [-0.3, -0.25) is 0 Å². The number of hydrogen-bond acceptors (Lipinski definition) is 3. The SMILES string of the molecule is CN(C)C1CCN(CC(N)C23CC4CC(CC(C4)C2)C3)C1. The van der Waals surface area contributed by atoms with Gasteiger partial charge in [-0.2, -0.15) is 0 Å². The van der Waals surface area contributed by atoms with Crippen LogP contribution in [0, 0.1) is 23.2 Å². The molecule has 5 fully saturated rings. The Morgan fingerprint density at radius 2 is 1.67 bits per heavy atom. The van der Waals surface area contributed by atoms with Crippen molar-refractivity contribution in [2.75, 3.05) is 33.7 Å². The quantitative estimate of drug-likeness (QED) is 0.861. The zero-order valence-corrected chi connectivity index (χ0v) is 13.9. The van der Waals surface area contributed by atoms with Crippen molar-refractivity contribution in [1.82, 2.24) is 9.80 Å². The van der Waals surface area contributed by atoms with Crippen molar-refractivity contribution in [2.24, 2.45) is 28.9 Å². The van der Waals surface area contributed by atoms with Crippen LogP contribution in [0.5, 0.6) is 0 Å². The van der Waals surface area contributed by atoms with Crippen LogP contribution >= 0.6 is 0 Å². The van der Waals surface area contributed by atoms with E-state index in [2.05, 4.69) is 23.9 Å². The fourth-order valence-electron chi connectivity index (χ4n) is 6.50. The molecule has 21 heavy (non-hydrogen) atoms. The van der Waals surface area contributed by atoms with Crippen LogP contribution in [0.1, 0.15) is 44.9 Å². The first-order chi connectivity index (χ1) is 10.0. The van der Waals surface area contributed by atoms with Crippen LogP contribution in [0.3, 0.4) is 0 Å². The summed E-state index contributed by atoms with van der Waals surface area (Å²) in [6.07, 6.45) is 10.2. The molecular weight excluding hydrogens is 258 g/mol. The standard InChI is InChI=1S/C18H33N3/c1-20(2)16-3-4-21(11-16)12-17(19)18-8-13-5-14(9-18)7-15(6-13)10-18/h13-17H,3-12,19H2,1-2H3. The third-order valence-corrected chi connectivity index (χ3v) is 7.30. The fraction of sp³-hybridized carbons (Fsp3) is 1.00. The van der Waals surface area contributed by atoms with Crippen molar-refractivity contribution in [1.29, 1.82) is 0 Å². The molecule has 0 radical (unpaired) electrons. The van der Waals surface area contributed by atoms with Crippen LogP contribution in [0.15, 0.2) is 0 Å². The van der Waals surface area contributed by atoms with Crippen LogP contribution < -0.4 is 5.73 Å². The molecule has 1 aliphatic heterocycles. The topological polar surface area (TPSA) is 32.5 Å². The molecule has 5 aliphatic rings. The van der Waals surface area contributed by atoms with Crippen LogP contribution in [0.4, 0.5) is 0 Å². The molecule has 5 rings (SSSR count). The van der Waals surface area contributed by atoms with Gasteiger partial charge in [0.05, 0.1) is 0 Å². The zero-order valence-electron chi connectivity index (χ0n) is 13.9. The molecule has 0 amide bonds. The van der Waals surface area contributed by atoms with Crippen molar-refractivity contribution >= 4 is 0 Å². The van der Waals surface area contributed by atoms with Crippen LogP contribution in [0.25, 0.3) is 0 Å². The van der Waals surface area contributed by atoms with E-state index in [1.807, 2.05) is 0 Å². The molecule has 4 saturated carbocycles. The first-order valence-electron chi connectivity index (χ1n) is 9.18. The summed E-state index contributed by atoms with van der Waals surface area (Å²) in [7, 11) is 4.43. The van der Waals surface area contributed by atoms with Crippen molar-refractivity contribution in [2.45, 2.75) is 57.0 Å². The maximum Gasteiger partial charge on any atom is 0.0229 e. The van der Waals surface area contributed by atoms with Crippen molar-refractivity contribution in [3.8, 4) is 0 Å². The predicted octanol–water partition coefficient (Wildman–Crippen LogP) is 2.17. The molecule has 2 atom stereocenters. The average molecular weight is 291 g/mol. The third kappa shape index (κ3) is 2.55. The van der Waals surface area contributed by atoms with E-state index in [1.54, 1.807) is 0 Å². The first kappa shape index (κ1) is 14.5. The Hall–Kier alpha value is -0.120. The fourth-order valence-corrected chi connectivity index (χ4v) is 6.50. The molecule has 1 saturated heterocycles. The smallest absolute Gasteiger partial charge is 0.0229 e. The number of nitrogens with two attached hydrogens (primary N) is 1. The van der Waals surface area contributed by atoms with Gasteiger partial charge in [-0.25, -0.2) is 0 Å². The van der Waals surface area contributed by atoms with Gasteiger partial charge in [0, 0.05) is 25.2 Å². The van der Waals surface area contributed by atoms with E-state index in [9.17, 15) is 0 Å².